The average Bonchev–Trinajstić information content (AvgIpc) is 2.99. The van der Waals surface area contributed by atoms with Gasteiger partial charge in [-0.1, -0.05) is 29.8 Å². The first-order chi connectivity index (χ1) is 12.0. The zero-order valence-electron chi connectivity index (χ0n) is 13.4. The summed E-state index contributed by atoms with van der Waals surface area (Å²) in [6, 6.07) is 11.1. The normalized spacial score (nSPS) is 10.6. The summed E-state index contributed by atoms with van der Waals surface area (Å²) in [6.45, 7) is 2.33. The van der Waals surface area contributed by atoms with Gasteiger partial charge in [-0.15, -0.1) is 0 Å². The van der Waals surface area contributed by atoms with E-state index in [1.54, 1.807) is 0 Å². The second-order valence-corrected chi connectivity index (χ2v) is 5.70. The van der Waals surface area contributed by atoms with Crippen LogP contribution >= 0.6 is 0 Å². The van der Waals surface area contributed by atoms with E-state index in [4.69, 9.17) is 0 Å². The van der Waals surface area contributed by atoms with Crippen molar-refractivity contribution < 1.29 is 19.1 Å². The van der Waals surface area contributed by atoms with Gasteiger partial charge in [0, 0.05) is 11.1 Å². The third-order valence-corrected chi connectivity index (χ3v) is 3.95. The molecule has 25 heavy (non-hydrogen) atoms. The first-order valence-corrected chi connectivity index (χ1v) is 7.59. The van der Waals surface area contributed by atoms with E-state index in [1.807, 2.05) is 31.2 Å². The SMILES string of the molecule is Cc1ccc(Cn2ncc(-c3cc(F)ccc3C(=O)O)c2C=O)cc1. The molecule has 3 aromatic rings. The lowest BCUT2D eigenvalue weighted by Crippen LogP contribution is -2.07. The Balaban J connectivity index is 2.06. The van der Waals surface area contributed by atoms with Gasteiger partial charge in [0.1, 0.15) is 11.5 Å². The van der Waals surface area contributed by atoms with E-state index < -0.39 is 11.8 Å². The molecule has 0 bridgehead atoms. The van der Waals surface area contributed by atoms with Crippen LogP contribution in [0.4, 0.5) is 4.39 Å². The van der Waals surface area contributed by atoms with Crippen LogP contribution in [0.1, 0.15) is 32.0 Å². The fourth-order valence-electron chi connectivity index (χ4n) is 2.64. The van der Waals surface area contributed by atoms with Crippen molar-refractivity contribution in [3.8, 4) is 11.1 Å². The van der Waals surface area contributed by atoms with Gasteiger partial charge in [0.05, 0.1) is 18.3 Å². The van der Waals surface area contributed by atoms with Gasteiger partial charge in [-0.25, -0.2) is 9.18 Å². The topological polar surface area (TPSA) is 72.2 Å². The van der Waals surface area contributed by atoms with Crippen LogP contribution in [0.3, 0.4) is 0 Å². The number of aromatic nitrogens is 2. The maximum absolute atomic E-state index is 13.6. The molecule has 3 rings (SSSR count). The van der Waals surface area contributed by atoms with Gasteiger partial charge in [0.15, 0.2) is 6.29 Å². The maximum atomic E-state index is 13.6. The highest BCUT2D eigenvalue weighted by atomic mass is 19.1. The van der Waals surface area contributed by atoms with Crippen molar-refractivity contribution >= 4 is 12.3 Å². The minimum Gasteiger partial charge on any atom is -0.478 e. The van der Waals surface area contributed by atoms with E-state index in [-0.39, 0.29) is 16.8 Å². The van der Waals surface area contributed by atoms with Crippen LogP contribution in [0.25, 0.3) is 11.1 Å². The molecule has 2 aromatic carbocycles. The van der Waals surface area contributed by atoms with E-state index >= 15 is 0 Å². The van der Waals surface area contributed by atoms with E-state index in [0.29, 0.717) is 18.4 Å². The summed E-state index contributed by atoms with van der Waals surface area (Å²) in [5.74, 6) is -1.78. The number of carboxylic acids is 1. The fourth-order valence-corrected chi connectivity index (χ4v) is 2.64. The largest absolute Gasteiger partial charge is 0.478 e. The van der Waals surface area contributed by atoms with Crippen LogP contribution in [0.2, 0.25) is 0 Å². The van der Waals surface area contributed by atoms with Crippen LogP contribution < -0.4 is 0 Å². The number of carbonyl (C=O) groups excluding carboxylic acids is 1. The lowest BCUT2D eigenvalue weighted by Gasteiger charge is -2.08. The standard InChI is InChI=1S/C19H15FN2O3/c1-12-2-4-13(5-3-12)10-22-18(11-23)17(9-21-22)16-8-14(20)6-7-15(16)19(24)25/h2-9,11H,10H2,1H3,(H,24,25). The molecule has 0 spiro atoms. The molecule has 0 aliphatic carbocycles. The van der Waals surface area contributed by atoms with Crippen LogP contribution in [0.15, 0.2) is 48.7 Å². The van der Waals surface area contributed by atoms with Crippen molar-refractivity contribution in [2.24, 2.45) is 0 Å². The van der Waals surface area contributed by atoms with E-state index in [9.17, 15) is 19.1 Å². The number of halogens is 1. The Bertz CT molecular complexity index is 946. The Labute approximate surface area is 143 Å². The van der Waals surface area contributed by atoms with Gasteiger partial charge in [-0.2, -0.15) is 5.10 Å². The molecule has 1 N–H and O–H groups in total. The molecule has 126 valence electrons. The van der Waals surface area contributed by atoms with Gasteiger partial charge in [0.2, 0.25) is 0 Å². The summed E-state index contributed by atoms with van der Waals surface area (Å²) in [5, 5.41) is 13.5. The summed E-state index contributed by atoms with van der Waals surface area (Å²) in [5.41, 5.74) is 2.60. The number of aromatic carboxylic acids is 1. The molecule has 0 radical (unpaired) electrons. The van der Waals surface area contributed by atoms with E-state index in [0.717, 1.165) is 23.3 Å². The van der Waals surface area contributed by atoms with E-state index in [1.165, 1.54) is 16.9 Å². The highest BCUT2D eigenvalue weighted by Crippen LogP contribution is 2.28. The number of hydrogen-bond acceptors (Lipinski definition) is 3. The number of carboxylic acid groups (broad SMARTS) is 1. The summed E-state index contributed by atoms with van der Waals surface area (Å²) in [4.78, 5) is 23.0. The minimum atomic E-state index is -1.20. The summed E-state index contributed by atoms with van der Waals surface area (Å²) < 4.78 is 15.1. The highest BCUT2D eigenvalue weighted by molar-refractivity contribution is 5.98. The molecule has 1 heterocycles. The molecule has 0 amide bonds. The number of benzene rings is 2. The Morgan fingerprint density at radius 1 is 1.20 bits per heavy atom. The Hall–Kier alpha value is -3.28. The van der Waals surface area contributed by atoms with Crippen molar-refractivity contribution in [2.75, 3.05) is 0 Å². The predicted molar refractivity (Wildman–Crippen MR) is 90.2 cm³/mol. The van der Waals surface area contributed by atoms with Crippen LogP contribution in [-0.2, 0) is 6.54 Å². The molecule has 0 saturated carbocycles. The number of hydrogen-bond donors (Lipinski definition) is 1. The molecule has 1 aromatic heterocycles. The fraction of sp³-hybridized carbons (Fsp3) is 0.105. The van der Waals surface area contributed by atoms with Crippen molar-refractivity contribution in [3.63, 3.8) is 0 Å². The Morgan fingerprint density at radius 2 is 1.92 bits per heavy atom. The Kier molecular flexibility index (Phi) is 4.43. The van der Waals surface area contributed by atoms with Crippen LogP contribution in [0.5, 0.6) is 0 Å². The summed E-state index contributed by atoms with van der Waals surface area (Å²) >= 11 is 0. The summed E-state index contributed by atoms with van der Waals surface area (Å²) in [6.07, 6.45) is 1.99. The number of aldehydes is 1. The number of rotatable bonds is 5. The highest BCUT2D eigenvalue weighted by Gasteiger charge is 2.19. The molecule has 0 aliphatic rings. The van der Waals surface area contributed by atoms with Gasteiger partial charge < -0.3 is 5.11 Å². The molecule has 0 aliphatic heterocycles. The maximum Gasteiger partial charge on any atom is 0.336 e. The van der Waals surface area contributed by atoms with Crippen molar-refractivity contribution in [1.29, 1.82) is 0 Å². The third-order valence-electron chi connectivity index (χ3n) is 3.95. The van der Waals surface area contributed by atoms with Gasteiger partial charge in [-0.05, 0) is 30.7 Å². The molecule has 0 saturated heterocycles. The lowest BCUT2D eigenvalue weighted by atomic mass is 10.00. The average molecular weight is 338 g/mol. The van der Waals surface area contributed by atoms with Crippen LogP contribution in [0, 0.1) is 12.7 Å². The molecular weight excluding hydrogens is 323 g/mol. The molecule has 6 heteroatoms. The Morgan fingerprint density at radius 3 is 2.56 bits per heavy atom. The molecule has 0 fully saturated rings. The lowest BCUT2D eigenvalue weighted by molar-refractivity contribution is 0.0697. The zero-order chi connectivity index (χ0) is 18.0. The van der Waals surface area contributed by atoms with Crippen molar-refractivity contribution in [3.05, 3.63) is 76.9 Å². The van der Waals surface area contributed by atoms with Crippen LogP contribution in [-0.4, -0.2) is 27.1 Å². The zero-order valence-corrected chi connectivity index (χ0v) is 13.4. The molecular formula is C19H15FN2O3. The first-order valence-electron chi connectivity index (χ1n) is 7.59. The first kappa shape index (κ1) is 16.6. The van der Waals surface area contributed by atoms with Gasteiger partial charge in [-0.3, -0.25) is 9.48 Å². The van der Waals surface area contributed by atoms with Gasteiger partial charge >= 0.3 is 5.97 Å². The quantitative estimate of drug-likeness (QED) is 0.722. The van der Waals surface area contributed by atoms with Gasteiger partial charge in [0.25, 0.3) is 0 Å². The second-order valence-electron chi connectivity index (χ2n) is 5.70. The smallest absolute Gasteiger partial charge is 0.336 e. The number of carbonyl (C=O) groups is 2. The minimum absolute atomic E-state index is 0.0839. The van der Waals surface area contributed by atoms with Crippen molar-refractivity contribution in [2.45, 2.75) is 13.5 Å². The number of nitrogens with zero attached hydrogens (tertiary/aromatic N) is 2. The summed E-state index contributed by atoms with van der Waals surface area (Å²) in [7, 11) is 0. The molecule has 0 unspecified atom stereocenters. The molecule has 0 atom stereocenters. The predicted octanol–water partition coefficient (Wildman–Crippen LogP) is 3.56. The molecule has 5 nitrogen and oxygen atoms in total. The van der Waals surface area contributed by atoms with Crippen molar-refractivity contribution in [1.82, 2.24) is 9.78 Å². The number of aryl methyl sites for hydroxylation is 1. The second kappa shape index (κ2) is 6.68. The third kappa shape index (κ3) is 3.33. The monoisotopic (exact) mass is 338 g/mol. The van der Waals surface area contributed by atoms with E-state index in [2.05, 4.69) is 5.10 Å².